The Morgan fingerprint density at radius 2 is 2.16 bits per heavy atom. The van der Waals surface area contributed by atoms with Gasteiger partial charge in [0.05, 0.1) is 23.9 Å². The summed E-state index contributed by atoms with van der Waals surface area (Å²) in [4.78, 5) is 4.30. The molecule has 0 spiro atoms. The molecule has 0 fully saturated rings. The van der Waals surface area contributed by atoms with Gasteiger partial charge in [-0.2, -0.15) is 11.3 Å². The molecule has 0 atom stereocenters. The number of imidazole rings is 1. The normalized spacial score (nSPS) is 10.8. The second kappa shape index (κ2) is 5.38. The van der Waals surface area contributed by atoms with Crippen LogP contribution in [-0.4, -0.2) is 16.6 Å². The molecule has 4 heteroatoms. The highest BCUT2D eigenvalue weighted by atomic mass is 32.1. The molecule has 0 bridgehead atoms. The van der Waals surface area contributed by atoms with Crippen LogP contribution in [0.5, 0.6) is 0 Å². The predicted octanol–water partition coefficient (Wildman–Crippen LogP) is 3.32. The van der Waals surface area contributed by atoms with Crippen molar-refractivity contribution < 1.29 is 0 Å². The Balaban J connectivity index is 2.11. The van der Waals surface area contributed by atoms with Crippen molar-refractivity contribution in [3.05, 3.63) is 59.2 Å². The number of nitrogens with one attached hydrogen (secondary N) is 1. The van der Waals surface area contributed by atoms with Crippen LogP contribution >= 0.6 is 11.3 Å². The fourth-order valence-electron chi connectivity index (χ4n) is 2.20. The SMILES string of the molecule is CNCc1ccccc1-n1cncc1-c1ccsc1. The van der Waals surface area contributed by atoms with Crippen molar-refractivity contribution in [2.45, 2.75) is 6.54 Å². The van der Waals surface area contributed by atoms with E-state index < -0.39 is 0 Å². The minimum atomic E-state index is 0.845. The summed E-state index contributed by atoms with van der Waals surface area (Å²) in [5.41, 5.74) is 4.78. The summed E-state index contributed by atoms with van der Waals surface area (Å²) in [6.45, 7) is 0.845. The topological polar surface area (TPSA) is 29.9 Å². The molecule has 0 aliphatic rings. The highest BCUT2D eigenvalue weighted by molar-refractivity contribution is 7.08. The molecule has 1 N–H and O–H groups in total. The summed E-state index contributed by atoms with van der Waals surface area (Å²) >= 11 is 1.70. The maximum Gasteiger partial charge on any atom is 0.0997 e. The van der Waals surface area contributed by atoms with Gasteiger partial charge in [0.15, 0.2) is 0 Å². The van der Waals surface area contributed by atoms with Gasteiger partial charge < -0.3 is 5.32 Å². The second-order valence-corrected chi connectivity index (χ2v) is 5.10. The summed E-state index contributed by atoms with van der Waals surface area (Å²) < 4.78 is 2.15. The zero-order valence-electron chi connectivity index (χ0n) is 10.7. The number of thiophene rings is 1. The lowest BCUT2D eigenvalue weighted by atomic mass is 10.1. The quantitative estimate of drug-likeness (QED) is 0.787. The molecule has 3 aromatic rings. The number of nitrogens with zero attached hydrogens (tertiary/aromatic N) is 2. The predicted molar refractivity (Wildman–Crippen MR) is 79.6 cm³/mol. The molecular weight excluding hydrogens is 254 g/mol. The number of hydrogen-bond acceptors (Lipinski definition) is 3. The number of aromatic nitrogens is 2. The molecule has 19 heavy (non-hydrogen) atoms. The first-order valence-electron chi connectivity index (χ1n) is 6.18. The van der Waals surface area contributed by atoms with E-state index in [2.05, 4.69) is 56.0 Å². The lowest BCUT2D eigenvalue weighted by molar-refractivity contribution is 0.808. The largest absolute Gasteiger partial charge is 0.316 e. The monoisotopic (exact) mass is 269 g/mol. The third-order valence-electron chi connectivity index (χ3n) is 3.07. The van der Waals surface area contributed by atoms with Gasteiger partial charge >= 0.3 is 0 Å². The maximum absolute atomic E-state index is 4.30. The minimum absolute atomic E-state index is 0.845. The van der Waals surface area contributed by atoms with Crippen LogP contribution < -0.4 is 5.32 Å². The second-order valence-electron chi connectivity index (χ2n) is 4.32. The molecule has 2 heterocycles. The fourth-order valence-corrected chi connectivity index (χ4v) is 2.85. The van der Waals surface area contributed by atoms with E-state index in [1.165, 1.54) is 16.8 Å². The summed E-state index contributed by atoms with van der Waals surface area (Å²) in [7, 11) is 1.96. The molecule has 96 valence electrons. The Bertz CT molecular complexity index is 656. The first kappa shape index (κ1) is 12.1. The Kier molecular flexibility index (Phi) is 3.44. The molecule has 0 radical (unpaired) electrons. The molecule has 0 saturated carbocycles. The molecular formula is C15H15N3S. The fraction of sp³-hybridized carbons (Fsp3) is 0.133. The van der Waals surface area contributed by atoms with E-state index in [4.69, 9.17) is 0 Å². The first-order chi connectivity index (χ1) is 9.40. The highest BCUT2D eigenvalue weighted by Crippen LogP contribution is 2.26. The van der Waals surface area contributed by atoms with Crippen LogP contribution in [0.15, 0.2) is 53.6 Å². The van der Waals surface area contributed by atoms with Crippen LogP contribution in [0.25, 0.3) is 16.9 Å². The van der Waals surface area contributed by atoms with Crippen molar-refractivity contribution in [2.24, 2.45) is 0 Å². The van der Waals surface area contributed by atoms with Crippen molar-refractivity contribution in [3.8, 4) is 16.9 Å². The van der Waals surface area contributed by atoms with Gasteiger partial charge in [-0.15, -0.1) is 0 Å². The molecule has 0 unspecified atom stereocenters. The Morgan fingerprint density at radius 3 is 2.95 bits per heavy atom. The molecule has 0 amide bonds. The van der Waals surface area contributed by atoms with Crippen LogP contribution in [0.1, 0.15) is 5.56 Å². The zero-order chi connectivity index (χ0) is 13.1. The van der Waals surface area contributed by atoms with Gasteiger partial charge in [0.25, 0.3) is 0 Å². The summed E-state index contributed by atoms with van der Waals surface area (Å²) in [5.74, 6) is 0. The molecule has 0 aliphatic carbocycles. The zero-order valence-corrected chi connectivity index (χ0v) is 11.5. The Morgan fingerprint density at radius 1 is 1.26 bits per heavy atom. The van der Waals surface area contributed by atoms with Crippen LogP contribution in [0.4, 0.5) is 0 Å². The van der Waals surface area contributed by atoms with E-state index in [1.807, 2.05) is 19.6 Å². The van der Waals surface area contributed by atoms with E-state index in [0.29, 0.717) is 0 Å². The molecule has 2 aromatic heterocycles. The van der Waals surface area contributed by atoms with Crippen molar-refractivity contribution >= 4 is 11.3 Å². The standard InChI is InChI=1S/C15H15N3S/c1-16-8-12-4-2-3-5-14(12)18-11-17-9-15(18)13-6-7-19-10-13/h2-7,9-11,16H,8H2,1H3. The number of benzene rings is 1. The molecule has 1 aromatic carbocycles. The van der Waals surface area contributed by atoms with Gasteiger partial charge in [-0.3, -0.25) is 4.57 Å². The molecule has 3 rings (SSSR count). The molecule has 0 aliphatic heterocycles. The number of para-hydroxylation sites is 1. The third-order valence-corrected chi connectivity index (χ3v) is 3.76. The van der Waals surface area contributed by atoms with Gasteiger partial charge in [0, 0.05) is 17.5 Å². The van der Waals surface area contributed by atoms with Crippen LogP contribution in [0, 0.1) is 0 Å². The smallest absolute Gasteiger partial charge is 0.0997 e. The van der Waals surface area contributed by atoms with Crippen molar-refractivity contribution in [2.75, 3.05) is 7.05 Å². The Hall–Kier alpha value is -1.91. The van der Waals surface area contributed by atoms with Crippen molar-refractivity contribution in [1.82, 2.24) is 14.9 Å². The van der Waals surface area contributed by atoms with Crippen molar-refractivity contribution in [1.29, 1.82) is 0 Å². The van der Waals surface area contributed by atoms with Gasteiger partial charge in [-0.25, -0.2) is 4.98 Å². The van der Waals surface area contributed by atoms with Crippen LogP contribution in [0.2, 0.25) is 0 Å². The maximum atomic E-state index is 4.30. The van der Waals surface area contributed by atoms with Crippen LogP contribution in [-0.2, 0) is 6.54 Å². The average Bonchev–Trinajstić information content (AvgIpc) is 3.10. The molecule has 0 saturated heterocycles. The van der Waals surface area contributed by atoms with Gasteiger partial charge in [0.1, 0.15) is 0 Å². The highest BCUT2D eigenvalue weighted by Gasteiger charge is 2.10. The summed E-state index contributed by atoms with van der Waals surface area (Å²) in [6, 6.07) is 10.5. The lowest BCUT2D eigenvalue weighted by Gasteiger charge is -2.12. The van der Waals surface area contributed by atoms with Gasteiger partial charge in [-0.1, -0.05) is 18.2 Å². The minimum Gasteiger partial charge on any atom is -0.316 e. The summed E-state index contributed by atoms with van der Waals surface area (Å²) in [6.07, 6.45) is 3.79. The van der Waals surface area contributed by atoms with Gasteiger partial charge in [0.2, 0.25) is 0 Å². The van der Waals surface area contributed by atoms with E-state index in [9.17, 15) is 0 Å². The first-order valence-corrected chi connectivity index (χ1v) is 7.12. The third kappa shape index (κ3) is 2.32. The Labute approximate surface area is 116 Å². The lowest BCUT2D eigenvalue weighted by Crippen LogP contribution is -2.09. The van der Waals surface area contributed by atoms with E-state index in [1.54, 1.807) is 11.3 Å². The van der Waals surface area contributed by atoms with Crippen LogP contribution in [0.3, 0.4) is 0 Å². The van der Waals surface area contributed by atoms with Crippen molar-refractivity contribution in [3.63, 3.8) is 0 Å². The van der Waals surface area contributed by atoms with E-state index in [-0.39, 0.29) is 0 Å². The van der Waals surface area contributed by atoms with E-state index in [0.717, 1.165) is 12.2 Å². The van der Waals surface area contributed by atoms with Gasteiger partial charge in [-0.05, 0) is 30.1 Å². The average molecular weight is 269 g/mol. The summed E-state index contributed by atoms with van der Waals surface area (Å²) in [5, 5.41) is 7.45. The number of hydrogen-bond donors (Lipinski definition) is 1. The molecule has 3 nitrogen and oxygen atoms in total. The number of rotatable bonds is 4. The van der Waals surface area contributed by atoms with E-state index >= 15 is 0 Å².